The van der Waals surface area contributed by atoms with Crippen LogP contribution in [-0.2, 0) is 6.54 Å². The molecule has 0 fully saturated rings. The van der Waals surface area contributed by atoms with E-state index in [1.165, 1.54) is 5.56 Å². The fraction of sp³-hybridized carbons (Fsp3) is 0.167. The molecule has 0 atom stereocenters. The normalized spacial score (nSPS) is 10.8. The Hall–Kier alpha value is -2.96. The van der Waals surface area contributed by atoms with Crippen LogP contribution in [0.2, 0.25) is 5.02 Å². The Morgan fingerprint density at radius 1 is 0.871 bits per heavy atom. The molecule has 0 aliphatic carbocycles. The Labute approximate surface area is 191 Å². The molecule has 158 valence electrons. The number of hydrogen-bond donors (Lipinski definition) is 0. The van der Waals surface area contributed by atoms with Gasteiger partial charge in [0.2, 0.25) is 0 Å². The molecule has 3 aromatic carbocycles. The third kappa shape index (κ3) is 5.40. The van der Waals surface area contributed by atoms with Crippen molar-refractivity contribution in [3.63, 3.8) is 0 Å². The monoisotopic (exact) mass is 451 g/mol. The quantitative estimate of drug-likeness (QED) is 0.237. The topological polar surface area (TPSA) is 49.2 Å². The van der Waals surface area contributed by atoms with E-state index in [0.717, 1.165) is 33.8 Å². The maximum atomic E-state index is 6.44. The van der Waals surface area contributed by atoms with Gasteiger partial charge < -0.3 is 9.47 Å². The lowest BCUT2D eigenvalue weighted by molar-refractivity contribution is 0.342. The molecule has 4 rings (SSSR count). The van der Waals surface area contributed by atoms with Crippen molar-refractivity contribution in [2.24, 2.45) is 0 Å². The Morgan fingerprint density at radius 3 is 2.32 bits per heavy atom. The standard InChI is InChI=1S/C24H22ClN3O2S/c1-29-19-11-13-20(14-12-19)30-15-16-31-24-27-26-23(21-9-5-6-10-22(21)25)28(24)17-18-7-3-2-4-8-18/h2-14H,15-17H2,1H3. The highest BCUT2D eigenvalue weighted by Gasteiger charge is 2.16. The van der Waals surface area contributed by atoms with Gasteiger partial charge in [-0.2, -0.15) is 0 Å². The summed E-state index contributed by atoms with van der Waals surface area (Å²) in [6.45, 7) is 1.21. The van der Waals surface area contributed by atoms with E-state index in [2.05, 4.69) is 26.9 Å². The van der Waals surface area contributed by atoms with E-state index in [-0.39, 0.29) is 0 Å². The van der Waals surface area contributed by atoms with Crippen LogP contribution in [0.1, 0.15) is 5.56 Å². The zero-order chi connectivity index (χ0) is 21.5. The lowest BCUT2D eigenvalue weighted by Crippen LogP contribution is -2.06. The second-order valence-corrected chi connectivity index (χ2v) is 8.20. The Bertz CT molecular complexity index is 1120. The number of methoxy groups -OCH3 is 1. The van der Waals surface area contributed by atoms with Gasteiger partial charge in [0.15, 0.2) is 11.0 Å². The van der Waals surface area contributed by atoms with Crippen molar-refractivity contribution in [2.45, 2.75) is 11.7 Å². The van der Waals surface area contributed by atoms with Gasteiger partial charge in [0.05, 0.1) is 25.3 Å². The molecule has 4 aromatic rings. The molecule has 0 aliphatic heterocycles. The minimum atomic E-state index is 0.552. The molecule has 7 heteroatoms. The number of hydrogen-bond acceptors (Lipinski definition) is 5. The highest BCUT2D eigenvalue weighted by Crippen LogP contribution is 2.30. The summed E-state index contributed by atoms with van der Waals surface area (Å²) in [7, 11) is 1.65. The largest absolute Gasteiger partial charge is 0.497 e. The molecule has 0 radical (unpaired) electrons. The average molecular weight is 452 g/mol. The van der Waals surface area contributed by atoms with Gasteiger partial charge in [-0.05, 0) is 42.0 Å². The molecule has 0 saturated heterocycles. The summed E-state index contributed by atoms with van der Waals surface area (Å²) in [4.78, 5) is 0. The summed E-state index contributed by atoms with van der Waals surface area (Å²) >= 11 is 8.05. The fourth-order valence-electron chi connectivity index (χ4n) is 3.11. The summed E-state index contributed by atoms with van der Waals surface area (Å²) in [5.74, 6) is 3.11. The third-order valence-corrected chi connectivity index (χ3v) is 5.92. The van der Waals surface area contributed by atoms with Gasteiger partial charge in [0, 0.05) is 11.3 Å². The van der Waals surface area contributed by atoms with Crippen LogP contribution in [0.15, 0.2) is 84.0 Å². The minimum Gasteiger partial charge on any atom is -0.497 e. The first-order valence-corrected chi connectivity index (χ1v) is 11.2. The van der Waals surface area contributed by atoms with Gasteiger partial charge in [-0.15, -0.1) is 10.2 Å². The first kappa shape index (κ1) is 21.3. The highest BCUT2D eigenvalue weighted by atomic mass is 35.5. The highest BCUT2D eigenvalue weighted by molar-refractivity contribution is 7.99. The van der Waals surface area contributed by atoms with Gasteiger partial charge >= 0.3 is 0 Å². The second kappa shape index (κ2) is 10.4. The SMILES string of the molecule is COc1ccc(OCCSc2nnc(-c3ccccc3Cl)n2Cc2ccccc2)cc1. The number of benzene rings is 3. The number of halogens is 1. The Morgan fingerprint density at radius 2 is 1.58 bits per heavy atom. The van der Waals surface area contributed by atoms with E-state index < -0.39 is 0 Å². The lowest BCUT2D eigenvalue weighted by atomic mass is 10.2. The van der Waals surface area contributed by atoms with E-state index in [1.807, 2.05) is 66.7 Å². The van der Waals surface area contributed by atoms with Crippen molar-refractivity contribution in [1.82, 2.24) is 14.8 Å². The molecule has 0 N–H and O–H groups in total. The lowest BCUT2D eigenvalue weighted by Gasteiger charge is -2.12. The van der Waals surface area contributed by atoms with Crippen LogP contribution >= 0.6 is 23.4 Å². The van der Waals surface area contributed by atoms with Crippen LogP contribution in [0, 0.1) is 0 Å². The second-order valence-electron chi connectivity index (χ2n) is 6.73. The maximum absolute atomic E-state index is 6.44. The number of thioether (sulfide) groups is 1. The van der Waals surface area contributed by atoms with Crippen molar-refractivity contribution in [3.05, 3.63) is 89.4 Å². The van der Waals surface area contributed by atoms with Crippen molar-refractivity contribution >= 4 is 23.4 Å². The van der Waals surface area contributed by atoms with Crippen LogP contribution in [0.25, 0.3) is 11.4 Å². The molecule has 1 heterocycles. The Balaban J connectivity index is 1.49. The van der Waals surface area contributed by atoms with Crippen molar-refractivity contribution in [1.29, 1.82) is 0 Å². The smallest absolute Gasteiger partial charge is 0.191 e. The van der Waals surface area contributed by atoms with Crippen molar-refractivity contribution < 1.29 is 9.47 Å². The number of aromatic nitrogens is 3. The molecule has 0 aliphatic rings. The summed E-state index contributed by atoms with van der Waals surface area (Å²) in [5, 5.41) is 10.4. The van der Waals surface area contributed by atoms with Crippen molar-refractivity contribution in [2.75, 3.05) is 19.5 Å². The van der Waals surface area contributed by atoms with Crippen molar-refractivity contribution in [3.8, 4) is 22.9 Å². The summed E-state index contributed by atoms with van der Waals surface area (Å²) in [5.41, 5.74) is 2.04. The molecule has 0 bridgehead atoms. The van der Waals surface area contributed by atoms with Crippen LogP contribution in [0.4, 0.5) is 0 Å². The zero-order valence-corrected chi connectivity index (χ0v) is 18.6. The van der Waals surface area contributed by atoms with Gasteiger partial charge in [-0.25, -0.2) is 0 Å². The number of ether oxygens (including phenoxy) is 2. The van der Waals surface area contributed by atoms with Crippen LogP contribution in [-0.4, -0.2) is 34.2 Å². The molecule has 0 saturated carbocycles. The van der Waals surface area contributed by atoms with E-state index >= 15 is 0 Å². The summed E-state index contributed by atoms with van der Waals surface area (Å²) in [6.07, 6.45) is 0. The van der Waals surface area contributed by atoms with Gasteiger partial charge in [0.25, 0.3) is 0 Å². The zero-order valence-electron chi connectivity index (χ0n) is 17.1. The predicted octanol–water partition coefficient (Wildman–Crippen LogP) is 5.83. The van der Waals surface area contributed by atoms with Crippen LogP contribution < -0.4 is 9.47 Å². The summed E-state index contributed by atoms with van der Waals surface area (Å²) in [6, 6.07) is 25.5. The van der Waals surface area contributed by atoms with E-state index in [1.54, 1.807) is 18.9 Å². The third-order valence-electron chi connectivity index (χ3n) is 4.66. The molecule has 0 unspecified atom stereocenters. The minimum absolute atomic E-state index is 0.552. The summed E-state index contributed by atoms with van der Waals surface area (Å²) < 4.78 is 13.1. The van der Waals surface area contributed by atoms with Gasteiger partial charge in [0.1, 0.15) is 11.5 Å². The fourth-order valence-corrected chi connectivity index (χ4v) is 4.09. The van der Waals surface area contributed by atoms with E-state index in [9.17, 15) is 0 Å². The molecular weight excluding hydrogens is 430 g/mol. The molecule has 5 nitrogen and oxygen atoms in total. The van der Waals surface area contributed by atoms with Crippen LogP contribution in [0.3, 0.4) is 0 Å². The Kier molecular flexibility index (Phi) is 7.12. The van der Waals surface area contributed by atoms with Crippen LogP contribution in [0.5, 0.6) is 11.5 Å². The molecule has 31 heavy (non-hydrogen) atoms. The number of rotatable bonds is 9. The van der Waals surface area contributed by atoms with Gasteiger partial charge in [-0.3, -0.25) is 4.57 Å². The average Bonchev–Trinajstić information content (AvgIpc) is 3.20. The van der Waals surface area contributed by atoms with E-state index in [0.29, 0.717) is 18.2 Å². The first-order chi connectivity index (χ1) is 15.2. The molecule has 1 aromatic heterocycles. The number of nitrogens with zero attached hydrogens (tertiary/aromatic N) is 3. The maximum Gasteiger partial charge on any atom is 0.191 e. The predicted molar refractivity (Wildman–Crippen MR) is 125 cm³/mol. The molecule has 0 spiro atoms. The molecular formula is C24H22ClN3O2S. The van der Waals surface area contributed by atoms with E-state index in [4.69, 9.17) is 21.1 Å². The van der Waals surface area contributed by atoms with Gasteiger partial charge in [-0.1, -0.05) is 65.8 Å². The first-order valence-electron chi connectivity index (χ1n) is 9.86. The molecule has 0 amide bonds.